The van der Waals surface area contributed by atoms with Crippen LogP contribution in [0, 0.1) is 0 Å². The van der Waals surface area contributed by atoms with Crippen molar-refractivity contribution >= 4 is 45.2 Å². The van der Waals surface area contributed by atoms with Crippen LogP contribution in [0.2, 0.25) is 0 Å². The van der Waals surface area contributed by atoms with E-state index >= 15 is 0 Å². The number of hydrogen-bond acceptors (Lipinski definition) is 7. The Balaban J connectivity index is 1.54. The number of fused-ring (bicyclic) bond motifs is 1. The Morgan fingerprint density at radius 1 is 0.909 bits per heavy atom. The zero-order valence-corrected chi connectivity index (χ0v) is 18.9. The smallest absolute Gasteiger partial charge is 0.231 e. The number of para-hydroxylation sites is 1. The lowest BCUT2D eigenvalue weighted by atomic mass is 9.97. The molecule has 0 radical (unpaired) electrons. The van der Waals surface area contributed by atoms with Crippen molar-refractivity contribution in [2.24, 2.45) is 4.99 Å². The molecule has 33 heavy (non-hydrogen) atoms. The van der Waals surface area contributed by atoms with Gasteiger partial charge in [0.25, 0.3) is 0 Å². The van der Waals surface area contributed by atoms with Crippen molar-refractivity contribution in [3.05, 3.63) is 88.8 Å². The Hall–Kier alpha value is -4.10. The van der Waals surface area contributed by atoms with E-state index in [2.05, 4.69) is 10.3 Å². The van der Waals surface area contributed by atoms with Crippen LogP contribution in [-0.4, -0.2) is 30.0 Å². The maximum atomic E-state index is 10.6. The molecule has 164 valence electrons. The summed E-state index contributed by atoms with van der Waals surface area (Å²) in [5, 5.41) is 14.4. The van der Waals surface area contributed by atoms with Gasteiger partial charge in [-0.3, -0.25) is 0 Å². The number of aromatic nitrogens is 1. The summed E-state index contributed by atoms with van der Waals surface area (Å²) in [4.78, 5) is 9.83. The Kier molecular flexibility index (Phi) is 5.54. The molecule has 0 saturated heterocycles. The number of nitrogens with one attached hydrogen (secondary N) is 1. The van der Waals surface area contributed by atoms with E-state index in [9.17, 15) is 5.11 Å². The lowest BCUT2D eigenvalue weighted by molar-refractivity contribution is 0.415. The number of hydrogen-bond donors (Lipinski definition) is 2. The third-order valence-corrected chi connectivity index (χ3v) is 6.19. The number of nitrogens with zero attached hydrogens (tertiary/aromatic N) is 2. The summed E-state index contributed by atoms with van der Waals surface area (Å²) in [5.74, 6) is 1.45. The molecule has 0 bridgehead atoms. The monoisotopic (exact) mass is 455 g/mol. The maximum absolute atomic E-state index is 10.6. The number of allylic oxidation sites excluding steroid dienone is 1. The number of methoxy groups -OCH3 is 2. The predicted octanol–water partition coefficient (Wildman–Crippen LogP) is 6.28. The number of ether oxygens (including phenoxy) is 2. The summed E-state index contributed by atoms with van der Waals surface area (Å²) >= 11 is 1.37. The van der Waals surface area contributed by atoms with Crippen LogP contribution in [0.15, 0.2) is 77.8 Å². The average Bonchev–Trinajstić information content (AvgIpc) is 3.40. The van der Waals surface area contributed by atoms with Crippen LogP contribution in [0.3, 0.4) is 0 Å². The molecule has 2 heterocycles. The third kappa shape index (κ3) is 4.06. The Morgan fingerprint density at radius 3 is 2.42 bits per heavy atom. The molecule has 0 saturated carbocycles. The van der Waals surface area contributed by atoms with E-state index in [-0.39, 0.29) is 5.88 Å². The molecule has 3 aromatic carbocycles. The fraction of sp³-hybridized carbons (Fsp3) is 0.0769. The minimum absolute atomic E-state index is 0.0349. The number of thiazole rings is 1. The lowest BCUT2D eigenvalue weighted by Crippen LogP contribution is -1.99. The van der Waals surface area contributed by atoms with Crippen molar-refractivity contribution < 1.29 is 14.6 Å². The first-order valence-corrected chi connectivity index (χ1v) is 11.1. The highest BCUT2D eigenvalue weighted by Gasteiger charge is 2.25. The zero-order chi connectivity index (χ0) is 22.8. The fourth-order valence-corrected chi connectivity index (χ4v) is 4.50. The third-order valence-electron chi connectivity index (χ3n) is 5.29. The van der Waals surface area contributed by atoms with Crippen LogP contribution in [0.1, 0.15) is 16.0 Å². The second-order valence-electron chi connectivity index (χ2n) is 7.30. The Bertz CT molecular complexity index is 1360. The first kappa shape index (κ1) is 20.8. The quantitative estimate of drug-likeness (QED) is 0.358. The second-order valence-corrected chi connectivity index (χ2v) is 8.33. The van der Waals surface area contributed by atoms with E-state index in [0.29, 0.717) is 15.8 Å². The number of rotatable bonds is 6. The molecule has 1 aliphatic heterocycles. The minimum atomic E-state index is -0.0349. The van der Waals surface area contributed by atoms with Gasteiger partial charge in [0.05, 0.1) is 24.8 Å². The van der Waals surface area contributed by atoms with Gasteiger partial charge in [-0.25, -0.2) is 4.99 Å². The molecule has 7 heteroatoms. The number of anilines is 2. The van der Waals surface area contributed by atoms with Crippen LogP contribution in [0.5, 0.6) is 17.4 Å². The van der Waals surface area contributed by atoms with Gasteiger partial charge in [-0.2, -0.15) is 4.98 Å². The highest BCUT2D eigenvalue weighted by atomic mass is 32.1. The van der Waals surface area contributed by atoms with E-state index in [1.807, 2.05) is 78.9 Å². The van der Waals surface area contributed by atoms with Gasteiger partial charge in [-0.1, -0.05) is 53.8 Å². The SMILES string of the molecule is COc1ccc(Nc2nc(O)c(C=C3C(c4ccccc4)=Nc4c(OC)cccc43)s2)cc1. The van der Waals surface area contributed by atoms with E-state index < -0.39 is 0 Å². The van der Waals surface area contributed by atoms with Gasteiger partial charge in [-0.05, 0) is 36.4 Å². The highest BCUT2D eigenvalue weighted by Crippen LogP contribution is 2.45. The fourth-order valence-electron chi connectivity index (χ4n) is 3.68. The Morgan fingerprint density at radius 2 is 1.70 bits per heavy atom. The second kappa shape index (κ2) is 8.80. The van der Waals surface area contributed by atoms with Crippen LogP contribution in [0.25, 0.3) is 11.6 Å². The highest BCUT2D eigenvalue weighted by molar-refractivity contribution is 7.16. The molecule has 0 amide bonds. The number of aliphatic imine (C=N–C) groups is 1. The van der Waals surface area contributed by atoms with E-state index in [4.69, 9.17) is 14.5 Å². The number of benzene rings is 3. The normalized spacial score (nSPS) is 13.5. The van der Waals surface area contributed by atoms with Crippen molar-refractivity contribution in [1.82, 2.24) is 4.98 Å². The van der Waals surface area contributed by atoms with Crippen LogP contribution >= 0.6 is 11.3 Å². The summed E-state index contributed by atoms with van der Waals surface area (Å²) in [7, 11) is 3.27. The molecule has 0 spiro atoms. The van der Waals surface area contributed by atoms with E-state index in [1.54, 1.807) is 14.2 Å². The topological polar surface area (TPSA) is 76.0 Å². The summed E-state index contributed by atoms with van der Waals surface area (Å²) in [6.45, 7) is 0. The van der Waals surface area contributed by atoms with Crippen molar-refractivity contribution in [1.29, 1.82) is 0 Å². The van der Waals surface area contributed by atoms with Gasteiger partial charge in [0.1, 0.15) is 17.2 Å². The molecular formula is C26H21N3O3S. The minimum Gasteiger partial charge on any atom is -0.497 e. The standard InChI is InChI=1S/C26H21N3O3S/c1-31-18-13-11-17(12-14-18)27-26-29-25(30)22(33-26)15-20-19-9-6-10-21(32-2)24(19)28-23(20)16-7-4-3-5-8-16/h3-15,30H,1-2H3,(H,27,29). The van der Waals surface area contributed by atoms with Gasteiger partial charge in [0.15, 0.2) is 5.13 Å². The zero-order valence-electron chi connectivity index (χ0n) is 18.1. The predicted molar refractivity (Wildman–Crippen MR) is 134 cm³/mol. The summed E-state index contributed by atoms with van der Waals surface area (Å²) < 4.78 is 10.7. The molecular weight excluding hydrogens is 434 g/mol. The molecule has 0 unspecified atom stereocenters. The summed E-state index contributed by atoms with van der Waals surface area (Å²) in [6.07, 6.45) is 1.93. The lowest BCUT2D eigenvalue weighted by Gasteiger charge is -2.06. The first-order chi connectivity index (χ1) is 16.2. The van der Waals surface area contributed by atoms with Crippen molar-refractivity contribution in [2.75, 3.05) is 19.5 Å². The van der Waals surface area contributed by atoms with Gasteiger partial charge < -0.3 is 19.9 Å². The van der Waals surface area contributed by atoms with Gasteiger partial charge in [0.2, 0.25) is 5.88 Å². The molecule has 6 nitrogen and oxygen atoms in total. The van der Waals surface area contributed by atoms with Gasteiger partial charge in [0, 0.05) is 22.4 Å². The Labute approximate surface area is 195 Å². The molecule has 0 atom stereocenters. The van der Waals surface area contributed by atoms with Crippen LogP contribution < -0.4 is 14.8 Å². The van der Waals surface area contributed by atoms with E-state index in [0.717, 1.165) is 39.5 Å². The maximum Gasteiger partial charge on any atom is 0.231 e. The van der Waals surface area contributed by atoms with E-state index in [1.165, 1.54) is 11.3 Å². The van der Waals surface area contributed by atoms with Crippen molar-refractivity contribution in [3.8, 4) is 17.4 Å². The first-order valence-electron chi connectivity index (χ1n) is 10.3. The summed E-state index contributed by atoms with van der Waals surface area (Å²) in [6, 6.07) is 23.4. The van der Waals surface area contributed by atoms with Gasteiger partial charge in [-0.15, -0.1) is 0 Å². The molecule has 0 aliphatic carbocycles. The number of aromatic hydroxyl groups is 1. The molecule has 1 aromatic heterocycles. The average molecular weight is 456 g/mol. The van der Waals surface area contributed by atoms with Crippen molar-refractivity contribution in [3.63, 3.8) is 0 Å². The van der Waals surface area contributed by atoms with Crippen LogP contribution in [0.4, 0.5) is 16.5 Å². The van der Waals surface area contributed by atoms with Gasteiger partial charge >= 0.3 is 0 Å². The van der Waals surface area contributed by atoms with Crippen molar-refractivity contribution in [2.45, 2.75) is 0 Å². The summed E-state index contributed by atoms with van der Waals surface area (Å²) in [5.41, 5.74) is 5.31. The van der Waals surface area contributed by atoms with Crippen LogP contribution in [-0.2, 0) is 0 Å². The molecule has 1 aliphatic rings. The molecule has 0 fully saturated rings. The molecule has 4 aromatic rings. The molecule has 2 N–H and O–H groups in total. The largest absolute Gasteiger partial charge is 0.497 e. The molecule has 5 rings (SSSR count).